The van der Waals surface area contributed by atoms with Gasteiger partial charge in [0.1, 0.15) is 5.75 Å². The molecule has 1 aromatic carbocycles. The first kappa shape index (κ1) is 14.6. The van der Waals surface area contributed by atoms with Crippen LogP contribution in [0.15, 0.2) is 35.0 Å². The maximum absolute atomic E-state index is 8.67. The third-order valence-corrected chi connectivity index (χ3v) is 4.16. The molecule has 1 aromatic heterocycles. The Morgan fingerprint density at radius 3 is 2.80 bits per heavy atom. The van der Waals surface area contributed by atoms with E-state index in [0.29, 0.717) is 6.42 Å². The highest BCUT2D eigenvalue weighted by Gasteiger charge is 2.09. The van der Waals surface area contributed by atoms with Crippen molar-refractivity contribution in [1.82, 2.24) is 0 Å². The molecule has 0 atom stereocenters. The second-order valence-electron chi connectivity index (χ2n) is 4.74. The van der Waals surface area contributed by atoms with Gasteiger partial charge >= 0.3 is 0 Å². The monoisotopic (exact) mass is 285 g/mol. The van der Waals surface area contributed by atoms with Gasteiger partial charge in [0.2, 0.25) is 0 Å². The predicted molar refractivity (Wildman–Crippen MR) is 83.3 cm³/mol. The smallest absolute Gasteiger partial charge is 0.122 e. The van der Waals surface area contributed by atoms with Gasteiger partial charge in [-0.1, -0.05) is 12.1 Å². The third kappa shape index (κ3) is 3.85. The summed E-state index contributed by atoms with van der Waals surface area (Å²) >= 11 is 1.74. The van der Waals surface area contributed by atoms with Crippen LogP contribution in [0.2, 0.25) is 0 Å². The SMILES string of the molecule is COc1cccc(CCCC#N)c1CCc1ccsc1. The average molecular weight is 285 g/mol. The van der Waals surface area contributed by atoms with Crippen molar-refractivity contribution in [3.05, 3.63) is 51.7 Å². The molecular formula is C17H19NOS. The number of nitrogens with zero attached hydrogens (tertiary/aromatic N) is 1. The number of hydrogen-bond donors (Lipinski definition) is 0. The summed E-state index contributed by atoms with van der Waals surface area (Å²) < 4.78 is 5.50. The van der Waals surface area contributed by atoms with Crippen LogP contribution in [0, 0.1) is 11.3 Å². The molecule has 104 valence electrons. The van der Waals surface area contributed by atoms with Crippen molar-refractivity contribution < 1.29 is 4.74 Å². The number of nitriles is 1. The topological polar surface area (TPSA) is 33.0 Å². The Kier molecular flexibility index (Phi) is 5.64. The lowest BCUT2D eigenvalue weighted by molar-refractivity contribution is 0.408. The van der Waals surface area contributed by atoms with Crippen LogP contribution in [0.5, 0.6) is 5.75 Å². The Balaban J connectivity index is 2.12. The maximum Gasteiger partial charge on any atom is 0.122 e. The van der Waals surface area contributed by atoms with Crippen molar-refractivity contribution in [2.75, 3.05) is 7.11 Å². The quantitative estimate of drug-likeness (QED) is 0.707. The van der Waals surface area contributed by atoms with Gasteiger partial charge in [-0.05, 0) is 65.3 Å². The minimum Gasteiger partial charge on any atom is -0.496 e. The number of ether oxygens (including phenoxy) is 1. The van der Waals surface area contributed by atoms with Crippen LogP contribution in [0.1, 0.15) is 29.5 Å². The Hall–Kier alpha value is -1.79. The highest BCUT2D eigenvalue weighted by molar-refractivity contribution is 7.07. The van der Waals surface area contributed by atoms with Gasteiger partial charge < -0.3 is 4.74 Å². The molecule has 0 saturated heterocycles. The van der Waals surface area contributed by atoms with Crippen molar-refractivity contribution in [3.63, 3.8) is 0 Å². The van der Waals surface area contributed by atoms with Gasteiger partial charge in [-0.3, -0.25) is 0 Å². The molecule has 0 amide bonds. The first-order valence-corrected chi connectivity index (χ1v) is 7.82. The average Bonchev–Trinajstić information content (AvgIpc) is 2.99. The molecule has 0 spiro atoms. The van der Waals surface area contributed by atoms with E-state index in [4.69, 9.17) is 10.00 Å². The second-order valence-corrected chi connectivity index (χ2v) is 5.52. The van der Waals surface area contributed by atoms with E-state index in [1.165, 1.54) is 16.7 Å². The van der Waals surface area contributed by atoms with Gasteiger partial charge in [0, 0.05) is 6.42 Å². The molecule has 20 heavy (non-hydrogen) atoms. The van der Waals surface area contributed by atoms with Crippen LogP contribution in [0.3, 0.4) is 0 Å². The zero-order chi connectivity index (χ0) is 14.2. The Morgan fingerprint density at radius 1 is 1.20 bits per heavy atom. The standard InChI is InChI=1S/C17H19NOS/c1-19-17-7-4-6-15(5-2-3-11-18)16(17)9-8-14-10-12-20-13-14/h4,6-7,10,12-13H,2-3,5,8-9H2,1H3. The Bertz CT molecular complexity index is 569. The molecule has 0 unspecified atom stereocenters. The first-order valence-electron chi connectivity index (χ1n) is 6.88. The van der Waals surface area contributed by atoms with Crippen LogP contribution >= 0.6 is 11.3 Å². The highest BCUT2D eigenvalue weighted by Crippen LogP contribution is 2.25. The predicted octanol–water partition coefficient (Wildman–Crippen LogP) is 4.39. The lowest BCUT2D eigenvalue weighted by atomic mass is 9.96. The van der Waals surface area contributed by atoms with E-state index < -0.39 is 0 Å². The molecule has 0 fully saturated rings. The van der Waals surface area contributed by atoms with E-state index >= 15 is 0 Å². The summed E-state index contributed by atoms with van der Waals surface area (Å²) in [6, 6.07) is 10.6. The normalized spacial score (nSPS) is 10.2. The molecule has 3 heteroatoms. The molecular weight excluding hydrogens is 266 g/mol. The summed E-state index contributed by atoms with van der Waals surface area (Å²) in [5.41, 5.74) is 3.98. The molecule has 0 N–H and O–H groups in total. The van der Waals surface area contributed by atoms with Gasteiger partial charge in [-0.15, -0.1) is 0 Å². The summed E-state index contributed by atoms with van der Waals surface area (Å²) in [6.07, 6.45) is 4.50. The van der Waals surface area contributed by atoms with Gasteiger partial charge in [0.15, 0.2) is 0 Å². The molecule has 0 bridgehead atoms. The van der Waals surface area contributed by atoms with E-state index in [-0.39, 0.29) is 0 Å². The molecule has 2 aromatic rings. The highest BCUT2D eigenvalue weighted by atomic mass is 32.1. The van der Waals surface area contributed by atoms with Crippen LogP contribution in [-0.2, 0) is 19.3 Å². The number of benzene rings is 1. The fourth-order valence-electron chi connectivity index (χ4n) is 2.38. The maximum atomic E-state index is 8.67. The number of thiophene rings is 1. The number of aryl methyl sites for hydroxylation is 2. The zero-order valence-electron chi connectivity index (χ0n) is 11.8. The van der Waals surface area contributed by atoms with Gasteiger partial charge in [0.05, 0.1) is 13.2 Å². The summed E-state index contributed by atoms with van der Waals surface area (Å²) in [5.74, 6) is 0.967. The minimum absolute atomic E-state index is 0.612. The van der Waals surface area contributed by atoms with E-state index in [1.54, 1.807) is 18.4 Å². The molecule has 0 saturated carbocycles. The number of rotatable bonds is 7. The van der Waals surface area contributed by atoms with Crippen molar-refractivity contribution in [3.8, 4) is 11.8 Å². The summed E-state index contributed by atoms with van der Waals surface area (Å²) in [6.45, 7) is 0. The lowest BCUT2D eigenvalue weighted by Crippen LogP contribution is -2.00. The molecule has 2 nitrogen and oxygen atoms in total. The number of unbranched alkanes of at least 4 members (excludes halogenated alkanes) is 1. The summed E-state index contributed by atoms with van der Waals surface area (Å²) in [4.78, 5) is 0. The Labute approximate surface area is 124 Å². The summed E-state index contributed by atoms with van der Waals surface area (Å²) in [7, 11) is 1.72. The zero-order valence-corrected chi connectivity index (χ0v) is 12.6. The van der Waals surface area contributed by atoms with E-state index in [2.05, 4.69) is 29.0 Å². The second kappa shape index (κ2) is 7.72. The van der Waals surface area contributed by atoms with E-state index in [9.17, 15) is 0 Å². The molecule has 1 heterocycles. The first-order chi connectivity index (χ1) is 9.85. The number of methoxy groups -OCH3 is 1. The largest absolute Gasteiger partial charge is 0.496 e. The fraction of sp³-hybridized carbons (Fsp3) is 0.353. The van der Waals surface area contributed by atoms with Gasteiger partial charge in [0.25, 0.3) is 0 Å². The van der Waals surface area contributed by atoms with Crippen LogP contribution < -0.4 is 4.74 Å². The van der Waals surface area contributed by atoms with Gasteiger partial charge in [-0.25, -0.2) is 0 Å². The molecule has 0 radical (unpaired) electrons. The molecule has 2 rings (SSSR count). The third-order valence-electron chi connectivity index (χ3n) is 3.43. The van der Waals surface area contributed by atoms with Gasteiger partial charge in [-0.2, -0.15) is 16.6 Å². The summed E-state index contributed by atoms with van der Waals surface area (Å²) in [5, 5.41) is 13.0. The van der Waals surface area contributed by atoms with Crippen molar-refractivity contribution in [2.24, 2.45) is 0 Å². The van der Waals surface area contributed by atoms with Crippen LogP contribution in [0.4, 0.5) is 0 Å². The number of hydrogen-bond acceptors (Lipinski definition) is 3. The van der Waals surface area contributed by atoms with Crippen molar-refractivity contribution in [1.29, 1.82) is 5.26 Å². The molecule has 0 aliphatic carbocycles. The van der Waals surface area contributed by atoms with E-state index in [1.807, 2.05) is 12.1 Å². The van der Waals surface area contributed by atoms with Crippen molar-refractivity contribution >= 4 is 11.3 Å². The van der Waals surface area contributed by atoms with Crippen LogP contribution in [-0.4, -0.2) is 7.11 Å². The molecule has 0 aliphatic rings. The fourth-order valence-corrected chi connectivity index (χ4v) is 3.09. The van der Waals surface area contributed by atoms with Crippen molar-refractivity contribution in [2.45, 2.75) is 32.1 Å². The van der Waals surface area contributed by atoms with E-state index in [0.717, 1.165) is 31.4 Å². The van der Waals surface area contributed by atoms with Crippen LogP contribution in [0.25, 0.3) is 0 Å². The minimum atomic E-state index is 0.612. The molecule has 0 aliphatic heterocycles. The Morgan fingerprint density at radius 2 is 2.10 bits per heavy atom. The lowest BCUT2D eigenvalue weighted by Gasteiger charge is -2.13.